The van der Waals surface area contributed by atoms with Gasteiger partial charge in [-0.2, -0.15) is 0 Å². The van der Waals surface area contributed by atoms with Gasteiger partial charge < -0.3 is 10.6 Å². The molecule has 4 heteroatoms. The molecule has 118 valence electrons. The van der Waals surface area contributed by atoms with E-state index in [1.165, 1.54) is 12.0 Å². The summed E-state index contributed by atoms with van der Waals surface area (Å²) in [5.41, 5.74) is 7.15. The van der Waals surface area contributed by atoms with Crippen molar-refractivity contribution >= 4 is 21.8 Å². The van der Waals surface area contributed by atoms with Crippen molar-refractivity contribution < 1.29 is 4.79 Å². The Morgan fingerprint density at radius 2 is 1.91 bits per heavy atom. The van der Waals surface area contributed by atoms with E-state index in [2.05, 4.69) is 45.1 Å². The van der Waals surface area contributed by atoms with E-state index in [1.807, 2.05) is 0 Å². The molecule has 0 bridgehead atoms. The molecule has 2 N–H and O–H groups in total. The van der Waals surface area contributed by atoms with Crippen molar-refractivity contribution in [3.8, 4) is 0 Å². The van der Waals surface area contributed by atoms with E-state index >= 15 is 0 Å². The number of rotatable bonds is 2. The SMILES string of the molecule is NC1CCC2CN(C(=O)C3(c4ccc(Br)cc4)CCC3)CC12. The number of hydrogen-bond acceptors (Lipinski definition) is 2. The van der Waals surface area contributed by atoms with Gasteiger partial charge in [-0.1, -0.05) is 34.5 Å². The first kappa shape index (κ1) is 14.7. The highest BCUT2D eigenvalue weighted by Gasteiger charge is 2.51. The minimum Gasteiger partial charge on any atom is -0.341 e. The molecule has 0 spiro atoms. The summed E-state index contributed by atoms with van der Waals surface area (Å²) in [5, 5.41) is 0. The highest BCUT2D eigenvalue weighted by molar-refractivity contribution is 9.10. The molecular weight excluding hydrogens is 340 g/mol. The molecule has 4 rings (SSSR count). The summed E-state index contributed by atoms with van der Waals surface area (Å²) in [5.74, 6) is 1.52. The van der Waals surface area contributed by atoms with Crippen molar-refractivity contribution in [2.75, 3.05) is 13.1 Å². The van der Waals surface area contributed by atoms with Crippen molar-refractivity contribution in [2.24, 2.45) is 17.6 Å². The first-order chi connectivity index (χ1) is 10.6. The Bertz CT molecular complexity index is 581. The summed E-state index contributed by atoms with van der Waals surface area (Å²) in [6.45, 7) is 1.80. The van der Waals surface area contributed by atoms with Gasteiger partial charge in [0.2, 0.25) is 5.91 Å². The van der Waals surface area contributed by atoms with Gasteiger partial charge in [-0.15, -0.1) is 0 Å². The summed E-state index contributed by atoms with van der Waals surface area (Å²) in [6, 6.07) is 8.63. The number of fused-ring (bicyclic) bond motifs is 1. The molecule has 3 aliphatic rings. The van der Waals surface area contributed by atoms with E-state index in [-0.39, 0.29) is 5.41 Å². The van der Waals surface area contributed by atoms with E-state index in [9.17, 15) is 4.79 Å². The van der Waals surface area contributed by atoms with Gasteiger partial charge in [-0.3, -0.25) is 4.79 Å². The largest absolute Gasteiger partial charge is 0.341 e. The smallest absolute Gasteiger partial charge is 0.233 e. The fourth-order valence-electron chi connectivity index (χ4n) is 4.70. The molecule has 22 heavy (non-hydrogen) atoms. The number of nitrogens with two attached hydrogens (primary N) is 1. The van der Waals surface area contributed by atoms with Crippen LogP contribution in [0.25, 0.3) is 0 Å². The first-order valence-electron chi connectivity index (χ1n) is 8.41. The van der Waals surface area contributed by atoms with Crippen LogP contribution in [0.2, 0.25) is 0 Å². The lowest BCUT2D eigenvalue weighted by Crippen LogP contribution is -2.50. The Hall–Kier alpha value is -0.870. The van der Waals surface area contributed by atoms with E-state index < -0.39 is 0 Å². The van der Waals surface area contributed by atoms with Crippen molar-refractivity contribution in [3.05, 3.63) is 34.3 Å². The zero-order valence-corrected chi connectivity index (χ0v) is 14.4. The highest BCUT2D eigenvalue weighted by atomic mass is 79.9. The summed E-state index contributed by atoms with van der Waals surface area (Å²) in [6.07, 6.45) is 5.47. The highest BCUT2D eigenvalue weighted by Crippen LogP contribution is 2.47. The Morgan fingerprint density at radius 1 is 1.18 bits per heavy atom. The molecule has 3 atom stereocenters. The minimum absolute atomic E-state index is 0.260. The third-order valence-corrected chi connectivity index (χ3v) is 6.74. The molecule has 3 nitrogen and oxygen atoms in total. The molecule has 1 aliphatic heterocycles. The zero-order chi connectivity index (χ0) is 15.3. The van der Waals surface area contributed by atoms with E-state index in [1.54, 1.807) is 0 Å². The van der Waals surface area contributed by atoms with Gasteiger partial charge in [-0.25, -0.2) is 0 Å². The molecule has 1 heterocycles. The molecule has 3 unspecified atom stereocenters. The number of amides is 1. The number of halogens is 1. The van der Waals surface area contributed by atoms with Gasteiger partial charge >= 0.3 is 0 Å². The van der Waals surface area contributed by atoms with Crippen LogP contribution in [0, 0.1) is 11.8 Å². The molecule has 2 saturated carbocycles. The molecule has 1 amide bonds. The standard InChI is InChI=1S/C18H23BrN2O/c19-14-5-3-13(4-6-14)18(8-1-9-18)17(22)21-10-12-2-7-16(20)15(12)11-21/h3-6,12,15-16H,1-2,7-11,20H2. The molecule has 1 aromatic rings. The number of likely N-dealkylation sites (tertiary alicyclic amines) is 1. The Morgan fingerprint density at radius 3 is 2.50 bits per heavy atom. The second-order valence-electron chi connectivity index (χ2n) is 7.32. The lowest BCUT2D eigenvalue weighted by atomic mass is 9.63. The Kier molecular flexibility index (Phi) is 3.57. The Labute approximate surface area is 140 Å². The minimum atomic E-state index is -0.260. The number of carbonyl (C=O) groups excluding carboxylic acids is 1. The maximum atomic E-state index is 13.2. The van der Waals surface area contributed by atoms with Crippen LogP contribution in [0.3, 0.4) is 0 Å². The second kappa shape index (κ2) is 5.34. The van der Waals surface area contributed by atoms with Crippen LogP contribution >= 0.6 is 15.9 Å². The number of nitrogens with zero attached hydrogens (tertiary/aromatic N) is 1. The lowest BCUT2D eigenvalue weighted by molar-refractivity contribution is -0.140. The van der Waals surface area contributed by atoms with Gasteiger partial charge in [0.15, 0.2) is 0 Å². The summed E-state index contributed by atoms with van der Waals surface area (Å²) >= 11 is 3.49. The van der Waals surface area contributed by atoms with Crippen LogP contribution in [0.1, 0.15) is 37.7 Å². The normalized spacial score (nSPS) is 32.6. The van der Waals surface area contributed by atoms with Crippen molar-refractivity contribution in [3.63, 3.8) is 0 Å². The molecule has 3 fully saturated rings. The third-order valence-electron chi connectivity index (χ3n) is 6.21. The van der Waals surface area contributed by atoms with Crippen LogP contribution in [0.15, 0.2) is 28.7 Å². The van der Waals surface area contributed by atoms with Crippen LogP contribution in [-0.4, -0.2) is 29.9 Å². The predicted octanol–water partition coefficient (Wildman–Crippen LogP) is 3.07. The van der Waals surface area contributed by atoms with Crippen molar-refractivity contribution in [1.29, 1.82) is 0 Å². The molecular formula is C18H23BrN2O. The lowest BCUT2D eigenvalue weighted by Gasteiger charge is -2.43. The maximum absolute atomic E-state index is 13.2. The van der Waals surface area contributed by atoms with Gasteiger partial charge in [0, 0.05) is 23.6 Å². The summed E-state index contributed by atoms with van der Waals surface area (Å²) in [7, 11) is 0. The number of benzene rings is 1. The molecule has 1 aromatic carbocycles. The topological polar surface area (TPSA) is 46.3 Å². The van der Waals surface area contributed by atoms with E-state index in [4.69, 9.17) is 5.73 Å². The first-order valence-corrected chi connectivity index (χ1v) is 9.20. The zero-order valence-electron chi connectivity index (χ0n) is 12.8. The molecule has 0 radical (unpaired) electrons. The van der Waals surface area contributed by atoms with Crippen LogP contribution in [0.4, 0.5) is 0 Å². The summed E-state index contributed by atoms with van der Waals surface area (Å²) < 4.78 is 1.07. The fourth-order valence-corrected chi connectivity index (χ4v) is 4.97. The van der Waals surface area contributed by atoms with Gasteiger partial charge in [0.1, 0.15) is 0 Å². The number of hydrogen-bond donors (Lipinski definition) is 1. The van der Waals surface area contributed by atoms with Crippen molar-refractivity contribution in [1.82, 2.24) is 4.90 Å². The van der Waals surface area contributed by atoms with Gasteiger partial charge in [0.25, 0.3) is 0 Å². The third kappa shape index (κ3) is 2.15. The van der Waals surface area contributed by atoms with E-state index in [0.717, 1.165) is 43.2 Å². The average Bonchev–Trinajstić information content (AvgIpc) is 3.02. The second-order valence-corrected chi connectivity index (χ2v) is 8.23. The number of carbonyl (C=O) groups is 1. The average molecular weight is 363 g/mol. The molecule has 2 aliphatic carbocycles. The monoisotopic (exact) mass is 362 g/mol. The van der Waals surface area contributed by atoms with Crippen LogP contribution < -0.4 is 5.73 Å². The fraction of sp³-hybridized carbons (Fsp3) is 0.611. The van der Waals surface area contributed by atoms with Gasteiger partial charge in [-0.05, 0) is 55.2 Å². The maximum Gasteiger partial charge on any atom is 0.233 e. The molecule has 1 saturated heterocycles. The predicted molar refractivity (Wildman–Crippen MR) is 90.4 cm³/mol. The molecule has 0 aromatic heterocycles. The summed E-state index contributed by atoms with van der Waals surface area (Å²) in [4.78, 5) is 15.4. The van der Waals surface area contributed by atoms with Crippen LogP contribution in [0.5, 0.6) is 0 Å². The van der Waals surface area contributed by atoms with Crippen LogP contribution in [-0.2, 0) is 10.2 Å². The quantitative estimate of drug-likeness (QED) is 0.878. The van der Waals surface area contributed by atoms with E-state index in [0.29, 0.717) is 23.8 Å². The van der Waals surface area contributed by atoms with Gasteiger partial charge in [0.05, 0.1) is 5.41 Å². The Balaban J connectivity index is 1.57. The van der Waals surface area contributed by atoms with Crippen molar-refractivity contribution in [2.45, 2.75) is 43.6 Å².